The number of aromatic nitrogens is 3. The maximum Gasteiger partial charge on any atom is 0.250 e. The molecule has 0 amide bonds. The Balaban J connectivity index is 2.44. The third-order valence-corrected chi connectivity index (χ3v) is 4.17. The number of aliphatic hydroxyl groups excluding tert-OH is 2. The molecule has 140 valence electrons. The maximum absolute atomic E-state index is 9.35. The van der Waals surface area contributed by atoms with Crippen LogP contribution in [0.3, 0.4) is 0 Å². The van der Waals surface area contributed by atoms with Crippen LogP contribution < -0.4 is 0 Å². The molecule has 26 heavy (non-hydrogen) atoms. The average molecular weight is 478 g/mol. The van der Waals surface area contributed by atoms with Gasteiger partial charge in [-0.3, -0.25) is 0 Å². The van der Waals surface area contributed by atoms with E-state index in [4.69, 9.17) is 69.6 Å². The number of rotatable bonds is 4. The minimum atomic E-state index is -1.93. The van der Waals surface area contributed by atoms with Crippen molar-refractivity contribution in [3.05, 3.63) is 52.4 Å². The molecule has 0 atom stereocenters. The lowest BCUT2D eigenvalue weighted by Gasteiger charge is -2.14. The van der Waals surface area contributed by atoms with E-state index in [1.165, 1.54) is 6.08 Å². The van der Waals surface area contributed by atoms with Gasteiger partial charge in [-0.2, -0.15) is 0 Å². The van der Waals surface area contributed by atoms with Crippen molar-refractivity contribution in [1.82, 2.24) is 15.0 Å². The van der Waals surface area contributed by atoms with Crippen LogP contribution in [-0.4, -0.2) is 25.2 Å². The predicted molar refractivity (Wildman–Crippen MR) is 106 cm³/mol. The van der Waals surface area contributed by atoms with Crippen LogP contribution in [0.25, 0.3) is 12.2 Å². The van der Waals surface area contributed by atoms with E-state index in [2.05, 4.69) is 15.0 Å². The Morgan fingerprint density at radius 3 is 1.77 bits per heavy atom. The number of benzene rings is 1. The fourth-order valence-corrected chi connectivity index (χ4v) is 2.45. The highest BCUT2D eigenvalue weighted by Crippen LogP contribution is 2.39. The summed E-state index contributed by atoms with van der Waals surface area (Å²) in [5.74, 6) is -0.269. The average Bonchev–Trinajstić information content (AvgIpc) is 2.57. The van der Waals surface area contributed by atoms with Crippen molar-refractivity contribution in [1.29, 1.82) is 0 Å². The molecule has 0 aliphatic carbocycles. The Kier molecular flexibility index (Phi) is 7.38. The zero-order valence-electron chi connectivity index (χ0n) is 12.8. The van der Waals surface area contributed by atoms with Gasteiger partial charge in [0.25, 0.3) is 0 Å². The van der Waals surface area contributed by atoms with Crippen LogP contribution in [0.4, 0.5) is 0 Å². The topological polar surface area (TPSA) is 79.1 Å². The third-order valence-electron chi connectivity index (χ3n) is 3.16. The van der Waals surface area contributed by atoms with E-state index in [1.807, 2.05) is 0 Å². The molecule has 0 saturated heterocycles. The summed E-state index contributed by atoms with van der Waals surface area (Å²) < 4.78 is -3.86. The van der Waals surface area contributed by atoms with E-state index in [-0.39, 0.29) is 30.7 Å². The molecule has 2 N–H and O–H groups in total. The quantitative estimate of drug-likeness (QED) is 0.625. The van der Waals surface area contributed by atoms with Crippen molar-refractivity contribution in [3.8, 4) is 0 Å². The van der Waals surface area contributed by atoms with Crippen molar-refractivity contribution >= 4 is 81.8 Å². The largest absolute Gasteiger partial charge is 0.392 e. The van der Waals surface area contributed by atoms with Crippen molar-refractivity contribution in [2.24, 2.45) is 0 Å². The van der Waals surface area contributed by atoms with E-state index in [0.717, 1.165) is 5.56 Å². The Labute approximate surface area is 179 Å². The molecule has 11 heteroatoms. The van der Waals surface area contributed by atoms with Gasteiger partial charge in [0.15, 0.2) is 17.5 Å². The van der Waals surface area contributed by atoms with Crippen LogP contribution in [0.5, 0.6) is 0 Å². The molecule has 0 radical (unpaired) electrons. The molecule has 0 aliphatic rings. The molecule has 2 aromatic rings. The van der Waals surface area contributed by atoms with Crippen LogP contribution in [0.2, 0.25) is 0 Å². The van der Waals surface area contributed by atoms with Crippen LogP contribution in [0, 0.1) is 0 Å². The van der Waals surface area contributed by atoms with Crippen LogP contribution in [-0.2, 0) is 20.8 Å². The molecule has 5 nitrogen and oxygen atoms in total. The molecular weight excluding hydrogens is 467 g/mol. The van der Waals surface area contributed by atoms with Crippen molar-refractivity contribution in [2.75, 3.05) is 0 Å². The first-order valence-corrected chi connectivity index (χ1v) is 9.23. The molecule has 0 bridgehead atoms. The van der Waals surface area contributed by atoms with Gasteiger partial charge in [0, 0.05) is 0 Å². The number of hydrogen-bond donors (Lipinski definition) is 2. The Hall–Kier alpha value is -0.370. The van der Waals surface area contributed by atoms with Gasteiger partial charge in [-0.15, -0.1) is 0 Å². The lowest BCUT2D eigenvalue weighted by Crippen LogP contribution is -2.16. The fraction of sp³-hybridized carbons (Fsp3) is 0.267. The van der Waals surface area contributed by atoms with E-state index in [1.54, 1.807) is 24.3 Å². The molecule has 0 spiro atoms. The first kappa shape index (κ1) is 21.9. The monoisotopic (exact) mass is 475 g/mol. The van der Waals surface area contributed by atoms with Gasteiger partial charge in [-0.05, 0) is 28.8 Å². The standard InChI is InChI=1S/C15H11Cl6N3O2/c16-14(17,18)12-22-11(23-13(24-12)15(19,20)21)4-2-8-1-3-9(6-25)10(5-8)7-26/h1-5,25-26H,6-7H2. The van der Waals surface area contributed by atoms with E-state index >= 15 is 0 Å². The lowest BCUT2D eigenvalue weighted by molar-refractivity contribution is 0.260. The maximum atomic E-state index is 9.35. The molecule has 0 aliphatic heterocycles. The first-order valence-electron chi connectivity index (χ1n) is 6.96. The molecule has 1 aromatic heterocycles. The number of halogens is 6. The second-order valence-electron chi connectivity index (χ2n) is 5.01. The summed E-state index contributed by atoms with van der Waals surface area (Å²) in [7, 11) is 0. The Morgan fingerprint density at radius 1 is 0.769 bits per heavy atom. The predicted octanol–water partition coefficient (Wildman–Crippen LogP) is 4.68. The second kappa shape index (κ2) is 8.76. The summed E-state index contributed by atoms with van der Waals surface area (Å²) in [6.07, 6.45) is 3.16. The SMILES string of the molecule is OCc1ccc(C=Cc2nc(C(Cl)(Cl)Cl)nc(C(Cl)(Cl)Cl)n2)cc1CO. The van der Waals surface area contributed by atoms with Gasteiger partial charge in [0.1, 0.15) is 0 Å². The highest BCUT2D eigenvalue weighted by molar-refractivity contribution is 6.67. The van der Waals surface area contributed by atoms with Gasteiger partial charge in [0.2, 0.25) is 7.59 Å². The first-order chi connectivity index (χ1) is 12.0. The fourth-order valence-electron chi connectivity index (χ4n) is 1.94. The minimum Gasteiger partial charge on any atom is -0.392 e. The summed E-state index contributed by atoms with van der Waals surface area (Å²) in [6.45, 7) is -0.384. The third kappa shape index (κ3) is 5.81. The molecule has 0 unspecified atom stereocenters. The highest BCUT2D eigenvalue weighted by Gasteiger charge is 2.33. The number of hydrogen-bond acceptors (Lipinski definition) is 5. The Morgan fingerprint density at radius 2 is 1.31 bits per heavy atom. The minimum absolute atomic E-state index is 0.111. The summed E-state index contributed by atoms with van der Waals surface area (Å²) in [5.41, 5.74) is 1.94. The highest BCUT2D eigenvalue weighted by atomic mass is 35.6. The van der Waals surface area contributed by atoms with Gasteiger partial charge >= 0.3 is 0 Å². The summed E-state index contributed by atoms with van der Waals surface area (Å²) >= 11 is 34.9. The van der Waals surface area contributed by atoms with Crippen molar-refractivity contribution in [2.45, 2.75) is 20.8 Å². The molecule has 0 fully saturated rings. The number of nitrogens with zero attached hydrogens (tertiary/aromatic N) is 3. The van der Waals surface area contributed by atoms with E-state index in [0.29, 0.717) is 11.1 Å². The van der Waals surface area contributed by atoms with Gasteiger partial charge < -0.3 is 10.2 Å². The van der Waals surface area contributed by atoms with Gasteiger partial charge in [0.05, 0.1) is 13.2 Å². The smallest absolute Gasteiger partial charge is 0.250 e. The van der Waals surface area contributed by atoms with Crippen LogP contribution >= 0.6 is 69.6 Å². The normalized spacial score (nSPS) is 12.8. The van der Waals surface area contributed by atoms with Gasteiger partial charge in [-0.1, -0.05) is 87.8 Å². The summed E-state index contributed by atoms with van der Waals surface area (Å²) in [5, 5.41) is 18.6. The number of aliphatic hydroxyl groups is 2. The van der Waals surface area contributed by atoms with E-state index < -0.39 is 7.59 Å². The van der Waals surface area contributed by atoms with Crippen molar-refractivity contribution in [3.63, 3.8) is 0 Å². The zero-order valence-corrected chi connectivity index (χ0v) is 17.3. The summed E-state index contributed by atoms with van der Waals surface area (Å²) in [6, 6.07) is 5.14. The molecule has 1 heterocycles. The Bertz CT molecular complexity index is 786. The van der Waals surface area contributed by atoms with Crippen LogP contribution in [0.1, 0.15) is 34.2 Å². The molecule has 1 aromatic carbocycles. The molecular formula is C15H11Cl6N3O2. The molecule has 0 saturated carbocycles. The zero-order chi connectivity index (χ0) is 19.5. The van der Waals surface area contributed by atoms with Gasteiger partial charge in [-0.25, -0.2) is 15.0 Å². The van der Waals surface area contributed by atoms with E-state index in [9.17, 15) is 10.2 Å². The summed E-state index contributed by atoms with van der Waals surface area (Å²) in [4.78, 5) is 12.0. The molecule has 2 rings (SSSR count). The van der Waals surface area contributed by atoms with Crippen LogP contribution in [0.15, 0.2) is 18.2 Å². The second-order valence-corrected chi connectivity index (χ2v) is 9.58. The lowest BCUT2D eigenvalue weighted by atomic mass is 10.0. The van der Waals surface area contributed by atoms with Crippen molar-refractivity contribution < 1.29 is 10.2 Å². The number of alkyl halides is 6.